The maximum atomic E-state index is 11.9. The SMILES string of the molecule is O=c1[nH]c2nccn2c2nc(N[C@@H]3CC[C@H](O)C3)[nH]c12. The van der Waals surface area contributed by atoms with Gasteiger partial charge < -0.3 is 15.4 Å². The van der Waals surface area contributed by atoms with Gasteiger partial charge in [-0.15, -0.1) is 0 Å². The summed E-state index contributed by atoms with van der Waals surface area (Å²) in [4.78, 5) is 26.1. The van der Waals surface area contributed by atoms with E-state index in [1.807, 2.05) is 0 Å². The summed E-state index contributed by atoms with van der Waals surface area (Å²) >= 11 is 0. The molecule has 3 heterocycles. The van der Waals surface area contributed by atoms with Gasteiger partial charge in [0.25, 0.3) is 5.56 Å². The topological polar surface area (TPSA) is 111 Å². The van der Waals surface area contributed by atoms with Crippen molar-refractivity contribution in [2.45, 2.75) is 31.4 Å². The lowest BCUT2D eigenvalue weighted by atomic mass is 10.2. The fourth-order valence-electron chi connectivity index (χ4n) is 2.78. The van der Waals surface area contributed by atoms with Crippen LogP contribution in [0.1, 0.15) is 19.3 Å². The van der Waals surface area contributed by atoms with Crippen LogP contribution in [-0.2, 0) is 0 Å². The Morgan fingerprint density at radius 1 is 1.40 bits per heavy atom. The van der Waals surface area contributed by atoms with Gasteiger partial charge in [-0.3, -0.25) is 14.2 Å². The van der Waals surface area contributed by atoms with Crippen LogP contribution < -0.4 is 10.9 Å². The summed E-state index contributed by atoms with van der Waals surface area (Å²) in [6.07, 6.45) is 5.51. The van der Waals surface area contributed by atoms with Crippen LogP contribution in [0.2, 0.25) is 0 Å². The van der Waals surface area contributed by atoms with E-state index in [2.05, 4.69) is 25.3 Å². The van der Waals surface area contributed by atoms with Gasteiger partial charge in [-0.25, -0.2) is 4.98 Å². The number of aliphatic hydroxyl groups is 1. The van der Waals surface area contributed by atoms with E-state index in [0.29, 0.717) is 29.3 Å². The molecule has 104 valence electrons. The second kappa shape index (κ2) is 4.07. The van der Waals surface area contributed by atoms with Crippen molar-refractivity contribution in [1.82, 2.24) is 24.3 Å². The summed E-state index contributed by atoms with van der Waals surface area (Å²) in [5.41, 5.74) is 0.713. The predicted molar refractivity (Wildman–Crippen MR) is 72.7 cm³/mol. The van der Waals surface area contributed by atoms with Crippen molar-refractivity contribution in [3.63, 3.8) is 0 Å². The highest BCUT2D eigenvalue weighted by molar-refractivity contribution is 5.75. The zero-order valence-corrected chi connectivity index (χ0v) is 10.6. The van der Waals surface area contributed by atoms with Crippen LogP contribution in [0.25, 0.3) is 16.9 Å². The third-order valence-electron chi connectivity index (χ3n) is 3.75. The van der Waals surface area contributed by atoms with E-state index in [4.69, 9.17) is 0 Å². The molecule has 0 amide bonds. The molecule has 4 rings (SSSR count). The molecule has 0 unspecified atom stereocenters. The molecule has 3 aromatic heterocycles. The molecule has 8 nitrogen and oxygen atoms in total. The number of anilines is 1. The number of fused-ring (bicyclic) bond motifs is 3. The van der Waals surface area contributed by atoms with Gasteiger partial charge in [-0.2, -0.15) is 4.98 Å². The third kappa shape index (κ3) is 1.68. The molecular weight excluding hydrogens is 260 g/mol. The van der Waals surface area contributed by atoms with Crippen molar-refractivity contribution in [2.75, 3.05) is 5.32 Å². The largest absolute Gasteiger partial charge is 0.393 e. The van der Waals surface area contributed by atoms with E-state index in [1.54, 1.807) is 16.8 Å². The second-order valence-corrected chi connectivity index (χ2v) is 5.17. The van der Waals surface area contributed by atoms with Gasteiger partial charge in [-0.1, -0.05) is 0 Å². The van der Waals surface area contributed by atoms with E-state index in [0.717, 1.165) is 12.8 Å². The Kier molecular flexibility index (Phi) is 2.34. The van der Waals surface area contributed by atoms with E-state index in [9.17, 15) is 9.90 Å². The minimum Gasteiger partial charge on any atom is -0.393 e. The Morgan fingerprint density at radius 3 is 3.10 bits per heavy atom. The fraction of sp³-hybridized carbons (Fsp3) is 0.417. The molecule has 3 aromatic rings. The highest BCUT2D eigenvalue weighted by Gasteiger charge is 2.23. The summed E-state index contributed by atoms with van der Waals surface area (Å²) in [6, 6.07) is 0.183. The number of imidazole rings is 2. The first-order valence-electron chi connectivity index (χ1n) is 6.60. The van der Waals surface area contributed by atoms with Crippen LogP contribution in [-0.4, -0.2) is 41.6 Å². The van der Waals surface area contributed by atoms with Crippen LogP contribution in [0.5, 0.6) is 0 Å². The smallest absolute Gasteiger partial charge is 0.278 e. The lowest BCUT2D eigenvalue weighted by Gasteiger charge is -2.09. The fourth-order valence-corrected chi connectivity index (χ4v) is 2.78. The number of aromatic amines is 2. The maximum absolute atomic E-state index is 11.9. The van der Waals surface area contributed by atoms with Crippen LogP contribution in [0.4, 0.5) is 5.95 Å². The van der Waals surface area contributed by atoms with Gasteiger partial charge in [0.05, 0.1) is 6.10 Å². The highest BCUT2D eigenvalue weighted by atomic mass is 16.3. The van der Waals surface area contributed by atoms with Crippen LogP contribution >= 0.6 is 0 Å². The second-order valence-electron chi connectivity index (χ2n) is 5.17. The molecule has 0 bridgehead atoms. The molecule has 0 saturated heterocycles. The summed E-state index contributed by atoms with van der Waals surface area (Å²) < 4.78 is 1.72. The molecule has 4 N–H and O–H groups in total. The van der Waals surface area contributed by atoms with Crippen LogP contribution in [0.3, 0.4) is 0 Å². The standard InChI is InChI=1S/C12H14N6O2/c19-7-2-1-6(5-7)14-11-15-8-9(16-11)18-4-3-13-12(18)17-10(8)20/h3-4,6-7,19H,1-2,5H2,(H,13,17,20)(H2,14,15,16)/t6-,7+/m1/s1. The lowest BCUT2D eigenvalue weighted by molar-refractivity contribution is 0.182. The Bertz CT molecular complexity index is 831. The quantitative estimate of drug-likeness (QED) is 0.534. The third-order valence-corrected chi connectivity index (χ3v) is 3.75. The molecule has 0 radical (unpaired) electrons. The first-order valence-corrected chi connectivity index (χ1v) is 6.60. The van der Waals surface area contributed by atoms with Gasteiger partial charge in [0, 0.05) is 18.4 Å². The molecule has 0 aromatic carbocycles. The number of hydrogen-bond donors (Lipinski definition) is 4. The molecule has 1 saturated carbocycles. The number of aliphatic hydroxyl groups excluding tert-OH is 1. The van der Waals surface area contributed by atoms with E-state index in [1.165, 1.54) is 0 Å². The average molecular weight is 274 g/mol. The number of nitrogens with one attached hydrogen (secondary N) is 3. The first-order chi connectivity index (χ1) is 9.70. The summed E-state index contributed by atoms with van der Waals surface area (Å²) in [7, 11) is 0. The van der Waals surface area contributed by atoms with Crippen molar-refractivity contribution >= 4 is 22.9 Å². The van der Waals surface area contributed by atoms with Gasteiger partial charge >= 0.3 is 0 Å². The minimum absolute atomic E-state index is 0.183. The number of aromatic nitrogens is 5. The van der Waals surface area contributed by atoms with Crippen molar-refractivity contribution in [2.24, 2.45) is 0 Å². The zero-order valence-electron chi connectivity index (χ0n) is 10.6. The molecule has 1 fully saturated rings. The van der Waals surface area contributed by atoms with Crippen molar-refractivity contribution in [1.29, 1.82) is 0 Å². The molecule has 0 aliphatic heterocycles. The summed E-state index contributed by atoms with van der Waals surface area (Å²) in [6.45, 7) is 0. The number of H-pyrrole nitrogens is 2. The van der Waals surface area contributed by atoms with Gasteiger partial charge in [0.15, 0.2) is 11.2 Å². The molecular formula is C12H14N6O2. The predicted octanol–water partition coefficient (Wildman–Crippen LogP) is 0.224. The molecule has 1 aliphatic rings. The van der Waals surface area contributed by atoms with Gasteiger partial charge in [0.2, 0.25) is 11.7 Å². The summed E-state index contributed by atoms with van der Waals surface area (Å²) in [5.74, 6) is 1.02. The number of rotatable bonds is 2. The molecule has 0 spiro atoms. The van der Waals surface area contributed by atoms with Crippen LogP contribution in [0, 0.1) is 0 Å². The molecule has 8 heteroatoms. The zero-order chi connectivity index (χ0) is 13.7. The number of hydrogen-bond acceptors (Lipinski definition) is 5. The van der Waals surface area contributed by atoms with E-state index in [-0.39, 0.29) is 17.7 Å². The van der Waals surface area contributed by atoms with Gasteiger partial charge in [-0.05, 0) is 19.3 Å². The Hall–Kier alpha value is -2.35. The van der Waals surface area contributed by atoms with Gasteiger partial charge in [0.1, 0.15) is 0 Å². The Labute approximate surface area is 112 Å². The number of nitrogens with zero attached hydrogens (tertiary/aromatic N) is 3. The average Bonchev–Trinajstić information content (AvgIpc) is 3.09. The Morgan fingerprint density at radius 2 is 2.30 bits per heavy atom. The molecule has 20 heavy (non-hydrogen) atoms. The summed E-state index contributed by atoms with van der Waals surface area (Å²) in [5, 5.41) is 12.8. The van der Waals surface area contributed by atoms with Crippen molar-refractivity contribution in [3.8, 4) is 0 Å². The van der Waals surface area contributed by atoms with E-state index < -0.39 is 0 Å². The molecule has 2 atom stereocenters. The first kappa shape index (κ1) is 11.5. The van der Waals surface area contributed by atoms with Crippen molar-refractivity contribution < 1.29 is 5.11 Å². The van der Waals surface area contributed by atoms with Crippen LogP contribution in [0.15, 0.2) is 17.2 Å². The highest BCUT2D eigenvalue weighted by Crippen LogP contribution is 2.22. The monoisotopic (exact) mass is 274 g/mol. The van der Waals surface area contributed by atoms with Crippen molar-refractivity contribution in [3.05, 3.63) is 22.7 Å². The Balaban J connectivity index is 1.78. The molecule has 1 aliphatic carbocycles. The maximum Gasteiger partial charge on any atom is 0.278 e. The minimum atomic E-state index is -0.249. The van der Waals surface area contributed by atoms with E-state index >= 15 is 0 Å². The normalized spacial score (nSPS) is 22.9. The lowest BCUT2D eigenvalue weighted by Crippen LogP contribution is -2.17.